The Balaban J connectivity index is 2.08. The molecule has 1 fully saturated rings. The van der Waals surface area contributed by atoms with Crippen molar-refractivity contribution in [2.24, 2.45) is 11.5 Å². The highest BCUT2D eigenvalue weighted by Gasteiger charge is 2.41. The van der Waals surface area contributed by atoms with E-state index in [1.54, 1.807) is 6.92 Å². The van der Waals surface area contributed by atoms with Crippen molar-refractivity contribution in [3.8, 4) is 0 Å². The topological polar surface area (TPSA) is 115 Å². The number of carbonyl (C=O) groups is 1. The SMILES string of the molecule is Cc1cc(=O)[nH]c(SC2CCC(N)(C(N)=O)C2)n1. The lowest BCUT2D eigenvalue weighted by molar-refractivity contribution is -0.122. The second kappa shape index (κ2) is 4.74. The van der Waals surface area contributed by atoms with Crippen LogP contribution in [-0.4, -0.2) is 26.7 Å². The first kappa shape index (κ1) is 13.1. The first-order valence-corrected chi connectivity index (χ1v) is 6.60. The van der Waals surface area contributed by atoms with Crippen LogP contribution in [0.25, 0.3) is 0 Å². The number of hydrogen-bond acceptors (Lipinski definition) is 5. The molecule has 1 aliphatic carbocycles. The van der Waals surface area contributed by atoms with E-state index in [0.29, 0.717) is 23.7 Å². The number of thioether (sulfide) groups is 1. The minimum Gasteiger partial charge on any atom is -0.368 e. The Morgan fingerprint density at radius 2 is 2.39 bits per heavy atom. The maximum absolute atomic E-state index is 11.3. The number of rotatable bonds is 3. The van der Waals surface area contributed by atoms with Gasteiger partial charge in [0.1, 0.15) is 0 Å². The van der Waals surface area contributed by atoms with Crippen molar-refractivity contribution in [1.82, 2.24) is 9.97 Å². The maximum atomic E-state index is 11.3. The summed E-state index contributed by atoms with van der Waals surface area (Å²) in [6.07, 6.45) is 1.89. The first-order chi connectivity index (χ1) is 8.39. The number of primary amides is 1. The number of nitrogens with one attached hydrogen (secondary N) is 1. The standard InChI is InChI=1S/C11H16N4O2S/c1-6-4-8(16)15-10(14-6)18-7-2-3-11(13,5-7)9(12)17/h4,7H,2-3,5,13H2,1H3,(H2,12,17)(H,14,15,16). The van der Waals surface area contributed by atoms with E-state index in [4.69, 9.17) is 11.5 Å². The number of aromatic amines is 1. The summed E-state index contributed by atoms with van der Waals surface area (Å²) in [5, 5.41) is 0.728. The van der Waals surface area contributed by atoms with Gasteiger partial charge in [-0.15, -0.1) is 0 Å². The van der Waals surface area contributed by atoms with E-state index in [1.807, 2.05) is 0 Å². The zero-order valence-electron chi connectivity index (χ0n) is 10.1. The molecule has 5 N–H and O–H groups in total. The maximum Gasteiger partial charge on any atom is 0.251 e. The van der Waals surface area contributed by atoms with Crippen molar-refractivity contribution in [3.63, 3.8) is 0 Å². The van der Waals surface area contributed by atoms with Crippen LogP contribution in [0, 0.1) is 6.92 Å². The Labute approximate surface area is 109 Å². The molecule has 1 saturated carbocycles. The van der Waals surface area contributed by atoms with Crippen LogP contribution in [0.1, 0.15) is 25.0 Å². The normalized spacial score (nSPS) is 27.3. The highest BCUT2D eigenvalue weighted by Crippen LogP contribution is 2.37. The summed E-state index contributed by atoms with van der Waals surface area (Å²) in [5.74, 6) is -0.462. The molecule has 0 saturated heterocycles. The second-order valence-corrected chi connectivity index (χ2v) is 5.98. The van der Waals surface area contributed by atoms with Gasteiger partial charge in [-0.1, -0.05) is 11.8 Å². The van der Waals surface area contributed by atoms with Gasteiger partial charge in [-0.3, -0.25) is 9.59 Å². The minimum atomic E-state index is -0.915. The van der Waals surface area contributed by atoms with E-state index in [1.165, 1.54) is 17.8 Å². The number of nitrogens with zero attached hydrogens (tertiary/aromatic N) is 1. The predicted octanol–water partition coefficient (Wildman–Crippen LogP) is -0.0943. The number of aromatic nitrogens is 2. The average molecular weight is 268 g/mol. The quantitative estimate of drug-likeness (QED) is 0.662. The smallest absolute Gasteiger partial charge is 0.251 e. The molecule has 7 heteroatoms. The minimum absolute atomic E-state index is 0.160. The molecule has 18 heavy (non-hydrogen) atoms. The van der Waals surface area contributed by atoms with Crippen molar-refractivity contribution >= 4 is 17.7 Å². The molecule has 0 aliphatic heterocycles. The predicted molar refractivity (Wildman–Crippen MR) is 69.2 cm³/mol. The van der Waals surface area contributed by atoms with Crippen molar-refractivity contribution in [3.05, 3.63) is 22.1 Å². The van der Waals surface area contributed by atoms with Crippen LogP contribution in [0.4, 0.5) is 0 Å². The highest BCUT2D eigenvalue weighted by molar-refractivity contribution is 7.99. The van der Waals surface area contributed by atoms with Gasteiger partial charge < -0.3 is 16.5 Å². The summed E-state index contributed by atoms with van der Waals surface area (Å²) in [6, 6.07) is 1.44. The van der Waals surface area contributed by atoms with Gasteiger partial charge in [-0.05, 0) is 26.2 Å². The Bertz CT molecular complexity index is 530. The lowest BCUT2D eigenvalue weighted by Gasteiger charge is -2.19. The van der Waals surface area contributed by atoms with E-state index in [-0.39, 0.29) is 10.8 Å². The van der Waals surface area contributed by atoms with E-state index in [9.17, 15) is 9.59 Å². The van der Waals surface area contributed by atoms with Crippen LogP contribution in [0.15, 0.2) is 16.0 Å². The number of H-pyrrole nitrogens is 1. The molecular weight excluding hydrogens is 252 g/mol. The Hall–Kier alpha value is -1.34. The van der Waals surface area contributed by atoms with Crippen molar-refractivity contribution < 1.29 is 4.79 Å². The van der Waals surface area contributed by atoms with E-state index in [2.05, 4.69) is 9.97 Å². The van der Waals surface area contributed by atoms with Gasteiger partial charge in [0.2, 0.25) is 5.91 Å². The number of amides is 1. The lowest BCUT2D eigenvalue weighted by atomic mass is 9.99. The Morgan fingerprint density at radius 1 is 1.67 bits per heavy atom. The van der Waals surface area contributed by atoms with Gasteiger partial charge in [-0.2, -0.15) is 0 Å². The van der Waals surface area contributed by atoms with Crippen molar-refractivity contribution in [2.45, 2.75) is 42.1 Å². The van der Waals surface area contributed by atoms with Crippen LogP contribution >= 0.6 is 11.8 Å². The molecule has 0 radical (unpaired) electrons. The van der Waals surface area contributed by atoms with Gasteiger partial charge in [0.05, 0.1) is 5.54 Å². The van der Waals surface area contributed by atoms with Gasteiger partial charge in [0.25, 0.3) is 5.56 Å². The summed E-state index contributed by atoms with van der Waals surface area (Å²) in [4.78, 5) is 29.5. The molecule has 2 rings (SSSR count). The molecular formula is C11H16N4O2S. The van der Waals surface area contributed by atoms with Gasteiger partial charge in [0, 0.05) is 17.0 Å². The van der Waals surface area contributed by atoms with Gasteiger partial charge in [0.15, 0.2) is 5.16 Å². The van der Waals surface area contributed by atoms with E-state index in [0.717, 1.165) is 6.42 Å². The number of aryl methyl sites for hydroxylation is 1. The molecule has 1 heterocycles. The lowest BCUT2D eigenvalue weighted by Crippen LogP contribution is -2.50. The summed E-state index contributed by atoms with van der Waals surface area (Å²) in [7, 11) is 0. The molecule has 2 atom stereocenters. The third-order valence-electron chi connectivity index (χ3n) is 3.12. The van der Waals surface area contributed by atoms with E-state index >= 15 is 0 Å². The van der Waals surface area contributed by atoms with Crippen LogP contribution in [0.3, 0.4) is 0 Å². The first-order valence-electron chi connectivity index (χ1n) is 5.72. The fraction of sp³-hybridized carbons (Fsp3) is 0.545. The number of nitrogens with two attached hydrogens (primary N) is 2. The zero-order chi connectivity index (χ0) is 13.3. The zero-order valence-corrected chi connectivity index (χ0v) is 10.9. The highest BCUT2D eigenvalue weighted by atomic mass is 32.2. The molecule has 1 amide bonds. The van der Waals surface area contributed by atoms with Crippen LogP contribution < -0.4 is 17.0 Å². The number of carbonyl (C=O) groups excluding carboxylic acids is 1. The molecule has 0 bridgehead atoms. The molecule has 2 unspecified atom stereocenters. The summed E-state index contributed by atoms with van der Waals surface area (Å²) in [6.45, 7) is 1.77. The third kappa shape index (κ3) is 2.73. The molecule has 0 spiro atoms. The summed E-state index contributed by atoms with van der Waals surface area (Å²) >= 11 is 1.44. The monoisotopic (exact) mass is 268 g/mol. The molecule has 1 aliphatic rings. The molecule has 1 aromatic rings. The second-order valence-electron chi connectivity index (χ2n) is 4.69. The average Bonchev–Trinajstić information content (AvgIpc) is 2.60. The Morgan fingerprint density at radius 3 is 2.94 bits per heavy atom. The fourth-order valence-corrected chi connectivity index (χ4v) is 3.41. The summed E-state index contributed by atoms with van der Waals surface area (Å²) in [5.41, 5.74) is 10.8. The van der Waals surface area contributed by atoms with Crippen molar-refractivity contribution in [2.75, 3.05) is 0 Å². The molecule has 98 valence electrons. The van der Waals surface area contributed by atoms with Gasteiger partial charge in [-0.25, -0.2) is 4.98 Å². The molecule has 6 nitrogen and oxygen atoms in total. The largest absolute Gasteiger partial charge is 0.368 e. The molecule has 1 aromatic heterocycles. The Kier molecular flexibility index (Phi) is 3.45. The molecule has 0 aromatic carbocycles. The van der Waals surface area contributed by atoms with E-state index < -0.39 is 11.4 Å². The number of hydrogen-bond donors (Lipinski definition) is 3. The van der Waals surface area contributed by atoms with Crippen LogP contribution in [0.2, 0.25) is 0 Å². The van der Waals surface area contributed by atoms with Crippen LogP contribution in [-0.2, 0) is 4.79 Å². The van der Waals surface area contributed by atoms with Crippen molar-refractivity contribution in [1.29, 1.82) is 0 Å². The fourth-order valence-electron chi connectivity index (χ4n) is 2.12. The van der Waals surface area contributed by atoms with Crippen LogP contribution in [0.5, 0.6) is 0 Å². The third-order valence-corrected chi connectivity index (χ3v) is 4.27. The van der Waals surface area contributed by atoms with Gasteiger partial charge >= 0.3 is 0 Å². The summed E-state index contributed by atoms with van der Waals surface area (Å²) < 4.78 is 0.